The van der Waals surface area contributed by atoms with Gasteiger partial charge in [-0.3, -0.25) is 36.5 Å². The molecule has 0 amide bonds. The van der Waals surface area contributed by atoms with Gasteiger partial charge in [-0.1, -0.05) is 27.7 Å². The van der Waals surface area contributed by atoms with Crippen molar-refractivity contribution in [3.8, 4) is 0 Å². The summed E-state index contributed by atoms with van der Waals surface area (Å²) < 4.78 is 102. The van der Waals surface area contributed by atoms with Crippen molar-refractivity contribution in [2.24, 2.45) is 0 Å². The Balaban J connectivity index is -0.0000000893. The zero-order valence-electron chi connectivity index (χ0n) is 27.6. The van der Waals surface area contributed by atoms with E-state index in [2.05, 4.69) is 18.1 Å². The molecule has 40 heteroatoms. The van der Waals surface area contributed by atoms with Crippen LogP contribution < -0.4 is 0 Å². The molecule has 8 atom stereocenters. The van der Waals surface area contributed by atoms with E-state index in [4.69, 9.17) is 79.1 Å². The topological polar surface area (TPSA) is 497 Å². The van der Waals surface area contributed by atoms with Gasteiger partial charge in [-0.2, -0.15) is 0 Å². The molecule has 0 heterocycles. The molecular weight excluding hydrogens is 980 g/mol. The molecule has 0 fully saturated rings. The Labute approximate surface area is 410 Å². The minimum atomic E-state index is -5.00. The van der Waals surface area contributed by atoms with Crippen LogP contribution in [-0.4, -0.2) is 246 Å². The van der Waals surface area contributed by atoms with Gasteiger partial charge in [0, 0.05) is 0 Å². The fraction of sp³-hybridized carbons (Fsp3) is 1.00. The van der Waals surface area contributed by atoms with Gasteiger partial charge < -0.3 is 97.2 Å². The minimum absolute atomic E-state index is 0. The molecule has 0 spiro atoms. The first kappa shape index (κ1) is 78.2. The van der Waals surface area contributed by atoms with Crippen molar-refractivity contribution < 1.29 is 134 Å². The van der Waals surface area contributed by atoms with Crippen molar-refractivity contribution in [1.82, 2.24) is 0 Å². The maximum absolute atomic E-state index is 10.9. The zero-order chi connectivity index (χ0) is 42.8. The van der Waals surface area contributed by atoms with Crippen LogP contribution in [0.4, 0.5) is 0 Å². The molecule has 0 bridgehead atoms. The van der Waals surface area contributed by atoms with Crippen molar-refractivity contribution in [3.05, 3.63) is 0 Å². The standard InChI is InChI=1S/4C4H12O7P2.4Na.4H/c4*1-2-3-11-13(9,10)4(5)12(6,7)8;;;;;;;;/h4*4-5H,2-3H2,1H3,(H,9,10)(H2,6,7,8);;;;;;;;. The third kappa shape index (κ3) is 37.3. The van der Waals surface area contributed by atoms with Gasteiger partial charge in [0.1, 0.15) is 0 Å². The van der Waals surface area contributed by atoms with Gasteiger partial charge in [0.25, 0.3) is 22.3 Å². The van der Waals surface area contributed by atoms with Crippen LogP contribution in [0.2, 0.25) is 0 Å². The Morgan fingerprint density at radius 2 is 0.429 bits per heavy atom. The first-order valence-electron chi connectivity index (χ1n) is 13.7. The molecule has 16 N–H and O–H groups in total. The Kier molecular flexibility index (Phi) is 49.2. The van der Waals surface area contributed by atoms with Crippen LogP contribution in [0.15, 0.2) is 0 Å². The van der Waals surface area contributed by atoms with Crippen LogP contribution in [0.1, 0.15) is 53.4 Å². The normalized spacial score (nSPS) is 18.1. The number of aliphatic hydroxyl groups is 4. The molecule has 328 valence electrons. The van der Waals surface area contributed by atoms with E-state index in [1.165, 1.54) is 0 Å². The average Bonchev–Trinajstić information content (AvgIpc) is 2.98. The molecule has 0 saturated carbocycles. The van der Waals surface area contributed by atoms with Crippen LogP contribution >= 0.6 is 60.8 Å². The molecule has 0 aromatic rings. The molecule has 0 radical (unpaired) electrons. The van der Waals surface area contributed by atoms with Crippen molar-refractivity contribution in [2.75, 3.05) is 26.4 Å². The Morgan fingerprint density at radius 3 is 0.500 bits per heavy atom. The molecule has 0 aliphatic heterocycles. The molecule has 8 unspecified atom stereocenters. The van der Waals surface area contributed by atoms with E-state index in [0.29, 0.717) is 25.7 Å². The second-order valence-corrected chi connectivity index (χ2v) is 25.1. The van der Waals surface area contributed by atoms with Gasteiger partial charge in [-0.15, -0.1) is 0 Å². The molecule has 0 aromatic carbocycles. The summed E-state index contributed by atoms with van der Waals surface area (Å²) in [5.41, 5.74) is -10.6. The van der Waals surface area contributed by atoms with Gasteiger partial charge in [0.05, 0.1) is 26.4 Å². The third-order valence-electron chi connectivity index (χ3n) is 4.29. The van der Waals surface area contributed by atoms with Crippen LogP contribution in [-0.2, 0) is 54.6 Å². The fourth-order valence-corrected chi connectivity index (χ4v) is 11.1. The summed E-state index contributed by atoms with van der Waals surface area (Å²) in [6.07, 6.45) is 1.60. The monoisotopic (exact) mass is 1030 g/mol. The third-order valence-corrected chi connectivity index (χ3v) is 18.4. The van der Waals surface area contributed by atoms with Crippen molar-refractivity contribution in [3.63, 3.8) is 0 Å². The fourth-order valence-electron chi connectivity index (χ4n) is 1.92. The second-order valence-electron chi connectivity index (χ2n) is 9.33. The van der Waals surface area contributed by atoms with E-state index in [1.54, 1.807) is 27.7 Å². The summed E-state index contributed by atoms with van der Waals surface area (Å²) in [4.78, 5) is 102. The number of hydrogen-bond donors (Lipinski definition) is 16. The van der Waals surface area contributed by atoms with E-state index in [1.807, 2.05) is 0 Å². The second kappa shape index (κ2) is 35.3. The molecule has 56 heavy (non-hydrogen) atoms. The summed E-state index contributed by atoms with van der Waals surface area (Å²) in [5.74, 6) is 0. The van der Waals surface area contributed by atoms with Gasteiger partial charge in [0.15, 0.2) is 0 Å². The summed E-state index contributed by atoms with van der Waals surface area (Å²) in [6.45, 7) is 5.98. The maximum atomic E-state index is 10.9. The molecule has 0 aliphatic rings. The van der Waals surface area contributed by atoms with Crippen molar-refractivity contribution in [2.45, 2.75) is 75.7 Å². The summed E-state index contributed by atoms with van der Waals surface area (Å²) in [5, 5.41) is 35.0. The van der Waals surface area contributed by atoms with Crippen LogP contribution in [0, 0.1) is 0 Å². The summed E-state index contributed by atoms with van der Waals surface area (Å²) in [6, 6.07) is 0. The van der Waals surface area contributed by atoms with E-state index in [9.17, 15) is 36.5 Å². The predicted octanol–water partition coefficient (Wildman–Crippen LogP) is -2.39. The summed E-state index contributed by atoms with van der Waals surface area (Å²) >= 11 is 0. The van der Waals surface area contributed by atoms with E-state index in [-0.39, 0.29) is 145 Å². The Bertz CT molecular complexity index is 1210. The van der Waals surface area contributed by atoms with Gasteiger partial charge >= 0.3 is 179 Å². The molecule has 0 aromatic heterocycles. The van der Waals surface area contributed by atoms with Crippen LogP contribution in [0.5, 0.6) is 0 Å². The SMILES string of the molecule is CCCOP(=O)(O)C(O)P(=O)(O)O.CCCOP(=O)(O)C(O)P(=O)(O)O.CCCOP(=O)(O)C(O)P(=O)(O)O.CCCOP(=O)(O)C(O)P(=O)(O)O.[NaH].[NaH].[NaH].[NaH]. The van der Waals surface area contributed by atoms with Crippen LogP contribution in [0.3, 0.4) is 0 Å². The zero-order valence-corrected chi connectivity index (χ0v) is 34.8. The molecule has 28 nitrogen and oxygen atoms in total. The van der Waals surface area contributed by atoms with Gasteiger partial charge in [-0.05, 0) is 25.7 Å². The van der Waals surface area contributed by atoms with E-state index in [0.717, 1.165) is 0 Å². The first-order valence-corrected chi connectivity index (χ1v) is 27.0. The van der Waals surface area contributed by atoms with Crippen molar-refractivity contribution >= 4 is 179 Å². The van der Waals surface area contributed by atoms with E-state index < -0.39 is 83.1 Å². The quantitative estimate of drug-likeness (QED) is 0.0447. The number of hydrogen-bond acceptors (Lipinski definition) is 16. The predicted molar refractivity (Wildman–Crippen MR) is 205 cm³/mol. The van der Waals surface area contributed by atoms with Gasteiger partial charge in [0.2, 0.25) is 0 Å². The van der Waals surface area contributed by atoms with E-state index >= 15 is 0 Å². The molecule has 0 saturated heterocycles. The summed E-state index contributed by atoms with van der Waals surface area (Å²) in [7, 11) is -38.5. The van der Waals surface area contributed by atoms with Crippen LogP contribution in [0.25, 0.3) is 0 Å². The Morgan fingerprint density at radius 1 is 0.321 bits per heavy atom. The first-order chi connectivity index (χ1) is 22.9. The molecule has 0 rings (SSSR count). The molecule has 0 aliphatic carbocycles. The van der Waals surface area contributed by atoms with Gasteiger partial charge in [-0.25, -0.2) is 0 Å². The molecular formula is C16H52Na4O28P8. The number of rotatable bonds is 20. The number of aliphatic hydroxyl groups excluding tert-OH is 4. The Hall–Kier alpha value is 5.04. The average molecular weight is 1030 g/mol. The van der Waals surface area contributed by atoms with Crippen molar-refractivity contribution in [1.29, 1.82) is 0 Å².